The van der Waals surface area contributed by atoms with Crippen molar-refractivity contribution in [2.45, 2.75) is 26.8 Å². The van der Waals surface area contributed by atoms with Gasteiger partial charge in [0.05, 0.1) is 5.56 Å². The molecule has 4 nitrogen and oxygen atoms in total. The van der Waals surface area contributed by atoms with E-state index in [1.807, 2.05) is 55.5 Å². The summed E-state index contributed by atoms with van der Waals surface area (Å²) in [4.78, 5) is 12.9. The molecule has 0 aliphatic heterocycles. The lowest BCUT2D eigenvalue weighted by Crippen LogP contribution is -2.26. The molecule has 3 aromatic rings. The zero-order valence-corrected chi connectivity index (χ0v) is 14.9. The van der Waals surface area contributed by atoms with Crippen LogP contribution >= 0.6 is 11.6 Å². The number of hydrogen-bond acceptors (Lipinski definition) is 3. The predicted molar refractivity (Wildman–Crippen MR) is 100 cm³/mol. The molecule has 1 N–H and O–H groups in total. The third kappa shape index (κ3) is 3.44. The standard InChI is InChI=1S/C20H19ClN2O2/c1-13-7-3-5-9-16(13)18-19(24)14(2)22-23(20(18)25)12-11-15-8-4-6-10-17(15)21/h3-10,24H,11-12H2,1-2H3. The Hall–Kier alpha value is -2.59. The highest BCUT2D eigenvalue weighted by molar-refractivity contribution is 6.31. The van der Waals surface area contributed by atoms with Crippen molar-refractivity contribution in [3.8, 4) is 16.9 Å². The molecule has 0 bridgehead atoms. The van der Waals surface area contributed by atoms with Gasteiger partial charge in [0, 0.05) is 11.6 Å². The van der Waals surface area contributed by atoms with Crippen LogP contribution in [0.25, 0.3) is 11.1 Å². The summed E-state index contributed by atoms with van der Waals surface area (Å²) in [6, 6.07) is 15.1. The lowest BCUT2D eigenvalue weighted by molar-refractivity contribution is 0.454. The van der Waals surface area contributed by atoms with Crippen LogP contribution in [-0.2, 0) is 13.0 Å². The average Bonchev–Trinajstić information content (AvgIpc) is 2.60. The molecule has 0 atom stereocenters. The maximum atomic E-state index is 12.9. The van der Waals surface area contributed by atoms with Crippen molar-refractivity contribution in [1.82, 2.24) is 9.78 Å². The van der Waals surface area contributed by atoms with Gasteiger partial charge >= 0.3 is 0 Å². The van der Waals surface area contributed by atoms with Crippen LogP contribution in [0, 0.1) is 13.8 Å². The van der Waals surface area contributed by atoms with Crippen molar-refractivity contribution < 1.29 is 5.11 Å². The Morgan fingerprint density at radius 2 is 1.76 bits per heavy atom. The van der Waals surface area contributed by atoms with Crippen LogP contribution in [0.3, 0.4) is 0 Å². The minimum absolute atomic E-state index is 0.0618. The third-order valence-electron chi connectivity index (χ3n) is 4.26. The van der Waals surface area contributed by atoms with Gasteiger partial charge in [-0.2, -0.15) is 5.10 Å². The first-order valence-corrected chi connectivity index (χ1v) is 8.47. The molecule has 0 radical (unpaired) electrons. The fourth-order valence-corrected chi connectivity index (χ4v) is 3.09. The summed E-state index contributed by atoms with van der Waals surface area (Å²) in [5, 5.41) is 15.3. The summed E-state index contributed by atoms with van der Waals surface area (Å²) in [7, 11) is 0. The lowest BCUT2D eigenvalue weighted by Gasteiger charge is -2.13. The highest BCUT2D eigenvalue weighted by Gasteiger charge is 2.17. The molecule has 0 amide bonds. The summed E-state index contributed by atoms with van der Waals surface area (Å²) in [5.74, 6) is -0.0618. The van der Waals surface area contributed by atoms with Gasteiger partial charge in [-0.1, -0.05) is 54.1 Å². The van der Waals surface area contributed by atoms with Gasteiger partial charge in [-0.3, -0.25) is 4.79 Å². The van der Waals surface area contributed by atoms with Gasteiger partial charge < -0.3 is 5.11 Å². The van der Waals surface area contributed by atoms with E-state index in [1.165, 1.54) is 4.68 Å². The molecular formula is C20H19ClN2O2. The van der Waals surface area contributed by atoms with Crippen LogP contribution < -0.4 is 5.56 Å². The first-order chi connectivity index (χ1) is 12.0. The van der Waals surface area contributed by atoms with Crippen molar-refractivity contribution in [2.24, 2.45) is 0 Å². The molecule has 128 valence electrons. The number of nitrogens with zero attached hydrogens (tertiary/aromatic N) is 2. The Bertz CT molecular complexity index is 980. The van der Waals surface area contributed by atoms with Gasteiger partial charge in [-0.05, 0) is 43.0 Å². The third-order valence-corrected chi connectivity index (χ3v) is 4.63. The van der Waals surface area contributed by atoms with E-state index in [-0.39, 0.29) is 11.3 Å². The van der Waals surface area contributed by atoms with Gasteiger partial charge in [0.1, 0.15) is 5.69 Å². The summed E-state index contributed by atoms with van der Waals surface area (Å²) in [6.07, 6.45) is 0.587. The Morgan fingerprint density at radius 1 is 1.08 bits per heavy atom. The summed E-state index contributed by atoms with van der Waals surface area (Å²) >= 11 is 6.19. The number of benzene rings is 2. The van der Waals surface area contributed by atoms with Crippen molar-refractivity contribution in [2.75, 3.05) is 0 Å². The monoisotopic (exact) mass is 354 g/mol. The number of aryl methyl sites for hydroxylation is 4. The zero-order valence-electron chi connectivity index (χ0n) is 14.2. The zero-order chi connectivity index (χ0) is 18.0. The quantitative estimate of drug-likeness (QED) is 0.766. The smallest absolute Gasteiger partial charge is 0.278 e. The van der Waals surface area contributed by atoms with Gasteiger partial charge in [0.2, 0.25) is 0 Å². The molecule has 0 spiro atoms. The summed E-state index contributed by atoms with van der Waals surface area (Å²) in [6.45, 7) is 4.00. The summed E-state index contributed by atoms with van der Waals surface area (Å²) < 4.78 is 1.40. The van der Waals surface area contributed by atoms with E-state index in [4.69, 9.17) is 11.6 Å². The molecule has 0 unspecified atom stereocenters. The SMILES string of the molecule is Cc1ccccc1-c1c(O)c(C)nn(CCc2ccccc2Cl)c1=O. The number of aromatic nitrogens is 2. The number of hydrogen-bond donors (Lipinski definition) is 1. The molecule has 1 aromatic heterocycles. The highest BCUT2D eigenvalue weighted by Crippen LogP contribution is 2.29. The maximum Gasteiger partial charge on any atom is 0.278 e. The topological polar surface area (TPSA) is 55.1 Å². The van der Waals surface area contributed by atoms with E-state index in [0.717, 1.165) is 16.7 Å². The molecular weight excluding hydrogens is 336 g/mol. The minimum Gasteiger partial charge on any atom is -0.505 e. The highest BCUT2D eigenvalue weighted by atomic mass is 35.5. The maximum absolute atomic E-state index is 12.9. The number of rotatable bonds is 4. The first-order valence-electron chi connectivity index (χ1n) is 8.09. The van der Waals surface area contributed by atoms with E-state index in [2.05, 4.69) is 5.10 Å². The predicted octanol–water partition coefficient (Wildman–Crippen LogP) is 4.13. The average molecular weight is 355 g/mol. The molecule has 0 fully saturated rings. The van der Waals surface area contributed by atoms with E-state index in [1.54, 1.807) is 6.92 Å². The molecule has 0 aliphatic rings. The second-order valence-corrected chi connectivity index (χ2v) is 6.40. The van der Waals surface area contributed by atoms with E-state index in [0.29, 0.717) is 29.2 Å². The molecule has 5 heteroatoms. The van der Waals surface area contributed by atoms with Gasteiger partial charge in [-0.25, -0.2) is 4.68 Å². The normalized spacial score (nSPS) is 10.8. The number of aromatic hydroxyl groups is 1. The van der Waals surface area contributed by atoms with Gasteiger partial charge in [0.25, 0.3) is 5.56 Å². The molecule has 0 aliphatic carbocycles. The Morgan fingerprint density at radius 3 is 2.48 bits per heavy atom. The van der Waals surface area contributed by atoms with Crippen molar-refractivity contribution in [1.29, 1.82) is 0 Å². The fourth-order valence-electron chi connectivity index (χ4n) is 2.86. The van der Waals surface area contributed by atoms with Crippen molar-refractivity contribution >= 4 is 11.6 Å². The molecule has 25 heavy (non-hydrogen) atoms. The Labute approximate surface area is 151 Å². The molecule has 1 heterocycles. The van der Waals surface area contributed by atoms with Crippen LogP contribution in [0.15, 0.2) is 53.3 Å². The molecule has 2 aromatic carbocycles. The Kier molecular flexibility index (Phi) is 4.91. The second-order valence-electron chi connectivity index (χ2n) is 5.99. The minimum atomic E-state index is -0.301. The van der Waals surface area contributed by atoms with E-state index < -0.39 is 0 Å². The molecule has 3 rings (SSSR count). The summed E-state index contributed by atoms with van der Waals surface area (Å²) in [5.41, 5.74) is 3.03. The van der Waals surface area contributed by atoms with Crippen LogP contribution in [0.5, 0.6) is 5.75 Å². The second kappa shape index (κ2) is 7.11. The number of halogens is 1. The van der Waals surface area contributed by atoms with Crippen LogP contribution in [-0.4, -0.2) is 14.9 Å². The van der Waals surface area contributed by atoms with Gasteiger partial charge in [-0.15, -0.1) is 0 Å². The lowest BCUT2D eigenvalue weighted by atomic mass is 10.0. The fraction of sp³-hybridized carbons (Fsp3) is 0.200. The molecule has 0 saturated carbocycles. The largest absolute Gasteiger partial charge is 0.505 e. The Balaban J connectivity index is 2.03. The van der Waals surface area contributed by atoms with Crippen molar-refractivity contribution in [3.05, 3.63) is 80.7 Å². The first kappa shape index (κ1) is 17.2. The van der Waals surface area contributed by atoms with Crippen LogP contribution in [0.2, 0.25) is 5.02 Å². The van der Waals surface area contributed by atoms with Crippen LogP contribution in [0.4, 0.5) is 0 Å². The van der Waals surface area contributed by atoms with Crippen molar-refractivity contribution in [3.63, 3.8) is 0 Å². The van der Waals surface area contributed by atoms with Crippen LogP contribution in [0.1, 0.15) is 16.8 Å². The van der Waals surface area contributed by atoms with E-state index >= 15 is 0 Å². The van der Waals surface area contributed by atoms with Gasteiger partial charge in [0.15, 0.2) is 5.75 Å². The van der Waals surface area contributed by atoms with E-state index in [9.17, 15) is 9.90 Å². The molecule has 0 saturated heterocycles.